The molecule has 2 aromatic carbocycles. The number of halogens is 2. The molecule has 0 aliphatic heterocycles. The number of benzene rings is 2. The van der Waals surface area contributed by atoms with Crippen molar-refractivity contribution in [3.63, 3.8) is 0 Å². The summed E-state index contributed by atoms with van der Waals surface area (Å²) in [5, 5.41) is 8.78. The van der Waals surface area contributed by atoms with E-state index in [4.69, 9.17) is 5.11 Å². The number of aromatic hydroxyl groups is 1. The number of rotatable bonds is 5. The highest BCUT2D eigenvalue weighted by molar-refractivity contribution is 5.94. The third kappa shape index (κ3) is 6.21. The minimum Gasteiger partial charge on any atom is -0.508 e. The smallest absolute Gasteiger partial charge is 0.228 e. The summed E-state index contributed by atoms with van der Waals surface area (Å²) < 4.78 is 32.2. The van der Waals surface area contributed by atoms with Gasteiger partial charge in [-0.05, 0) is 55.5 Å². The van der Waals surface area contributed by atoms with Crippen LogP contribution in [-0.2, 0) is 0 Å². The van der Waals surface area contributed by atoms with Gasteiger partial charge in [-0.1, -0.05) is 0 Å². The monoisotopic (exact) mass is 310 g/mol. The Hall–Kier alpha value is -2.63. The second kappa shape index (κ2) is 9.33. The molecule has 0 heterocycles. The van der Waals surface area contributed by atoms with Gasteiger partial charge in [-0.15, -0.1) is 0 Å². The summed E-state index contributed by atoms with van der Waals surface area (Å²) in [5.74, 6) is 0.982. The molecule has 0 unspecified atom stereocenters. The standard InChI is InChI=1S/C9H9FO2.C7H7FO2/c1-7(11)8-2-4-9(5-3-8)12-6-10;8-5-10-7-3-1-6(9)2-4-7/h2-5H,6H2,1H3;1-4,9H,5H2. The molecule has 0 saturated heterocycles. The third-order valence-electron chi connectivity index (χ3n) is 2.54. The summed E-state index contributed by atoms with van der Waals surface area (Å²) in [6.07, 6.45) is 0. The maximum Gasteiger partial charge on any atom is 0.228 e. The van der Waals surface area contributed by atoms with Gasteiger partial charge in [-0.2, -0.15) is 0 Å². The van der Waals surface area contributed by atoms with Gasteiger partial charge in [0.25, 0.3) is 0 Å². The van der Waals surface area contributed by atoms with Crippen LogP contribution in [0.2, 0.25) is 0 Å². The summed E-state index contributed by atoms with van der Waals surface area (Å²) >= 11 is 0. The predicted molar refractivity (Wildman–Crippen MR) is 77.8 cm³/mol. The average Bonchev–Trinajstić information content (AvgIpc) is 2.51. The Kier molecular flexibility index (Phi) is 7.39. The van der Waals surface area contributed by atoms with E-state index in [1.165, 1.54) is 31.2 Å². The molecule has 6 heteroatoms. The minimum absolute atomic E-state index is 0.0122. The van der Waals surface area contributed by atoms with Crippen LogP contribution in [0.25, 0.3) is 0 Å². The fourth-order valence-electron chi connectivity index (χ4n) is 1.45. The molecule has 0 aliphatic carbocycles. The number of carbonyl (C=O) groups excluding carboxylic acids is 1. The van der Waals surface area contributed by atoms with E-state index in [2.05, 4.69) is 9.47 Å². The number of phenolic OH excluding ortho intramolecular Hbond substituents is 1. The zero-order valence-corrected chi connectivity index (χ0v) is 12.0. The largest absolute Gasteiger partial charge is 0.508 e. The fourth-order valence-corrected chi connectivity index (χ4v) is 1.45. The SMILES string of the molecule is CC(=O)c1ccc(OCF)cc1.Oc1ccc(OCF)cc1. The lowest BCUT2D eigenvalue weighted by atomic mass is 10.1. The van der Waals surface area contributed by atoms with Gasteiger partial charge in [0.05, 0.1) is 0 Å². The number of phenols is 1. The van der Waals surface area contributed by atoms with E-state index in [1.54, 1.807) is 24.3 Å². The number of ketones is 1. The Morgan fingerprint density at radius 1 is 0.909 bits per heavy atom. The van der Waals surface area contributed by atoms with Crippen molar-refractivity contribution in [2.45, 2.75) is 6.92 Å². The summed E-state index contributed by atoms with van der Waals surface area (Å²) in [5.41, 5.74) is 0.598. The second-order valence-corrected chi connectivity index (χ2v) is 4.08. The van der Waals surface area contributed by atoms with E-state index < -0.39 is 13.7 Å². The maximum atomic E-state index is 11.6. The molecule has 0 aliphatic rings. The highest BCUT2D eigenvalue weighted by atomic mass is 19.1. The van der Waals surface area contributed by atoms with Gasteiger partial charge < -0.3 is 14.6 Å². The van der Waals surface area contributed by atoms with Gasteiger partial charge in [-0.25, -0.2) is 8.78 Å². The molecule has 22 heavy (non-hydrogen) atoms. The van der Waals surface area contributed by atoms with Crippen LogP contribution in [-0.4, -0.2) is 24.6 Å². The van der Waals surface area contributed by atoms with Crippen molar-refractivity contribution in [2.24, 2.45) is 0 Å². The molecule has 1 N–H and O–H groups in total. The molecular formula is C16H16F2O4. The Morgan fingerprint density at radius 2 is 1.32 bits per heavy atom. The van der Waals surface area contributed by atoms with Crippen molar-refractivity contribution >= 4 is 5.78 Å². The minimum atomic E-state index is -0.848. The number of hydrogen-bond donors (Lipinski definition) is 1. The van der Waals surface area contributed by atoms with Crippen molar-refractivity contribution in [1.29, 1.82) is 0 Å². The Balaban J connectivity index is 0.000000224. The normalized spacial score (nSPS) is 9.41. The van der Waals surface area contributed by atoms with E-state index in [-0.39, 0.29) is 11.5 Å². The highest BCUT2D eigenvalue weighted by Crippen LogP contribution is 2.15. The molecule has 0 fully saturated rings. The van der Waals surface area contributed by atoms with Crippen LogP contribution in [0.15, 0.2) is 48.5 Å². The van der Waals surface area contributed by atoms with Crippen LogP contribution in [0.1, 0.15) is 17.3 Å². The van der Waals surface area contributed by atoms with Crippen molar-refractivity contribution in [2.75, 3.05) is 13.7 Å². The van der Waals surface area contributed by atoms with Crippen molar-refractivity contribution in [1.82, 2.24) is 0 Å². The summed E-state index contributed by atoms with van der Waals surface area (Å²) in [6.45, 7) is -0.213. The Morgan fingerprint density at radius 3 is 1.68 bits per heavy atom. The number of carbonyl (C=O) groups is 1. The fraction of sp³-hybridized carbons (Fsp3) is 0.188. The molecule has 0 spiro atoms. The lowest BCUT2D eigenvalue weighted by Gasteiger charge is -2.00. The quantitative estimate of drug-likeness (QED) is 0.851. The van der Waals surface area contributed by atoms with Gasteiger partial charge in [0.15, 0.2) is 5.78 Å². The number of ether oxygens (including phenoxy) is 2. The van der Waals surface area contributed by atoms with E-state index in [0.717, 1.165) is 0 Å². The number of hydrogen-bond acceptors (Lipinski definition) is 4. The van der Waals surface area contributed by atoms with E-state index in [0.29, 0.717) is 17.1 Å². The first-order valence-electron chi connectivity index (χ1n) is 6.34. The highest BCUT2D eigenvalue weighted by Gasteiger charge is 1.98. The van der Waals surface area contributed by atoms with Gasteiger partial charge >= 0.3 is 0 Å². The summed E-state index contributed by atoms with van der Waals surface area (Å²) in [4.78, 5) is 10.8. The van der Waals surface area contributed by atoms with E-state index >= 15 is 0 Å². The maximum absolute atomic E-state index is 11.6. The summed E-state index contributed by atoms with van der Waals surface area (Å²) in [6, 6.07) is 12.2. The van der Waals surface area contributed by atoms with Crippen LogP contribution in [0.5, 0.6) is 17.2 Å². The molecule has 0 aromatic heterocycles. The van der Waals surface area contributed by atoms with Gasteiger partial charge in [0.1, 0.15) is 17.2 Å². The molecule has 0 saturated carbocycles. The molecule has 2 aromatic rings. The van der Waals surface area contributed by atoms with E-state index in [9.17, 15) is 13.6 Å². The van der Waals surface area contributed by atoms with Crippen LogP contribution in [0.4, 0.5) is 8.78 Å². The number of alkyl halides is 2. The molecule has 0 bridgehead atoms. The van der Waals surface area contributed by atoms with Crippen molar-refractivity contribution in [3.8, 4) is 17.2 Å². The third-order valence-corrected chi connectivity index (χ3v) is 2.54. The number of Topliss-reactive ketones (excluding diaryl/α,β-unsaturated/α-hetero) is 1. The predicted octanol–water partition coefficient (Wildman–Crippen LogP) is 3.89. The molecule has 0 radical (unpaired) electrons. The van der Waals surface area contributed by atoms with Crippen LogP contribution in [0, 0.1) is 0 Å². The van der Waals surface area contributed by atoms with Crippen molar-refractivity contribution < 1.29 is 28.2 Å². The second-order valence-electron chi connectivity index (χ2n) is 4.08. The zero-order chi connectivity index (χ0) is 16.4. The summed E-state index contributed by atoms with van der Waals surface area (Å²) in [7, 11) is 0. The molecule has 2 rings (SSSR count). The Labute approximate surface area is 126 Å². The van der Waals surface area contributed by atoms with Gasteiger partial charge in [-0.3, -0.25) is 4.79 Å². The van der Waals surface area contributed by atoms with Gasteiger partial charge in [0, 0.05) is 5.56 Å². The first-order valence-corrected chi connectivity index (χ1v) is 6.34. The topological polar surface area (TPSA) is 55.8 Å². The first-order chi connectivity index (χ1) is 10.6. The lowest BCUT2D eigenvalue weighted by molar-refractivity contribution is 0.101. The molecule has 118 valence electrons. The van der Waals surface area contributed by atoms with Crippen LogP contribution >= 0.6 is 0 Å². The van der Waals surface area contributed by atoms with Crippen molar-refractivity contribution in [3.05, 3.63) is 54.1 Å². The molecule has 0 amide bonds. The van der Waals surface area contributed by atoms with E-state index in [1.807, 2.05) is 0 Å². The molecule has 0 atom stereocenters. The average molecular weight is 310 g/mol. The molecule has 4 nitrogen and oxygen atoms in total. The van der Waals surface area contributed by atoms with Gasteiger partial charge in [0.2, 0.25) is 13.7 Å². The zero-order valence-electron chi connectivity index (χ0n) is 12.0. The Bertz CT molecular complexity index is 568. The molecular weight excluding hydrogens is 294 g/mol. The van der Waals surface area contributed by atoms with Crippen LogP contribution < -0.4 is 9.47 Å². The lowest BCUT2D eigenvalue weighted by Crippen LogP contribution is -1.93. The van der Waals surface area contributed by atoms with Crippen LogP contribution in [0.3, 0.4) is 0 Å². The first kappa shape index (κ1) is 17.4.